The molecule has 3 heterocycles. The van der Waals surface area contributed by atoms with E-state index in [0.29, 0.717) is 29.4 Å². The van der Waals surface area contributed by atoms with Crippen molar-refractivity contribution >= 4 is 16.4 Å². The molecule has 1 saturated heterocycles. The van der Waals surface area contributed by atoms with Gasteiger partial charge in [0.2, 0.25) is 0 Å². The van der Waals surface area contributed by atoms with Gasteiger partial charge in [0.25, 0.3) is 0 Å². The Balaban J connectivity index is 2.05. The summed E-state index contributed by atoms with van der Waals surface area (Å²) in [5.74, 6) is 0. The highest BCUT2D eigenvalue weighted by atomic mass is 32.3. The van der Waals surface area contributed by atoms with Gasteiger partial charge in [0.05, 0.1) is 31.0 Å². The summed E-state index contributed by atoms with van der Waals surface area (Å²) in [5, 5.41) is 4.85. The van der Waals surface area contributed by atoms with Crippen LogP contribution in [0.3, 0.4) is 0 Å². The highest BCUT2D eigenvalue weighted by molar-refractivity contribution is 7.80. The number of carbonyl (C=O) groups excluding carboxylic acids is 1. The molecule has 2 amide bonds. The molecule has 2 unspecified atom stereocenters. The van der Waals surface area contributed by atoms with Gasteiger partial charge in [0, 0.05) is 18.7 Å². The quantitative estimate of drug-likeness (QED) is 0.542. The van der Waals surface area contributed by atoms with E-state index in [1.54, 1.807) is 4.68 Å². The molecule has 1 fully saturated rings. The summed E-state index contributed by atoms with van der Waals surface area (Å²) in [4.78, 5) is 13.7. The minimum Gasteiger partial charge on any atom is -0.329 e. The molecule has 1 aromatic rings. The zero-order valence-electron chi connectivity index (χ0n) is 11.5. The van der Waals surface area contributed by atoms with Crippen LogP contribution < -0.4 is 11.5 Å². The average molecular weight is 332 g/mol. The van der Waals surface area contributed by atoms with E-state index in [9.17, 15) is 13.2 Å². The van der Waals surface area contributed by atoms with Gasteiger partial charge in [-0.15, -0.1) is 4.28 Å². The minimum atomic E-state index is -4.81. The fourth-order valence-electron chi connectivity index (χ4n) is 2.99. The van der Waals surface area contributed by atoms with Crippen molar-refractivity contribution in [2.75, 3.05) is 19.6 Å². The number of hydrogen-bond donors (Lipinski definition) is 3. The van der Waals surface area contributed by atoms with E-state index in [4.69, 9.17) is 16.0 Å². The van der Waals surface area contributed by atoms with Crippen molar-refractivity contribution in [3.8, 4) is 0 Å². The molecule has 2 bridgehead atoms. The van der Waals surface area contributed by atoms with Gasteiger partial charge in [0.1, 0.15) is 6.04 Å². The van der Waals surface area contributed by atoms with E-state index in [1.165, 1.54) is 11.1 Å². The predicted molar refractivity (Wildman–Crippen MR) is 72.4 cm³/mol. The number of urea groups is 1. The van der Waals surface area contributed by atoms with Gasteiger partial charge in [0.15, 0.2) is 0 Å². The van der Waals surface area contributed by atoms with E-state index < -0.39 is 28.5 Å². The van der Waals surface area contributed by atoms with Crippen LogP contribution in [-0.2, 0) is 21.2 Å². The molecule has 0 aromatic carbocycles. The van der Waals surface area contributed by atoms with Gasteiger partial charge in [-0.2, -0.15) is 18.6 Å². The lowest BCUT2D eigenvalue weighted by molar-refractivity contribution is -0.0317. The number of fused-ring (bicyclic) bond motifs is 4. The van der Waals surface area contributed by atoms with Crippen LogP contribution in [0.5, 0.6) is 0 Å². The zero-order chi connectivity index (χ0) is 16.1. The van der Waals surface area contributed by atoms with Crippen molar-refractivity contribution in [2.24, 2.45) is 11.5 Å². The third kappa shape index (κ3) is 2.24. The van der Waals surface area contributed by atoms with E-state index in [-0.39, 0.29) is 13.1 Å². The monoisotopic (exact) mass is 332 g/mol. The third-order valence-corrected chi connectivity index (χ3v) is 4.14. The Morgan fingerprint density at radius 3 is 2.77 bits per heavy atom. The van der Waals surface area contributed by atoms with Crippen LogP contribution in [0, 0.1) is 0 Å². The van der Waals surface area contributed by atoms with Crippen molar-refractivity contribution in [3.05, 3.63) is 17.5 Å². The highest BCUT2D eigenvalue weighted by Crippen LogP contribution is 2.43. The van der Waals surface area contributed by atoms with Crippen molar-refractivity contribution in [3.63, 3.8) is 0 Å². The normalized spacial score (nSPS) is 24.0. The largest absolute Gasteiger partial charge is 0.418 e. The smallest absolute Gasteiger partial charge is 0.329 e. The first-order valence-corrected chi connectivity index (χ1v) is 7.96. The standard InChI is InChI=1S/C10H16N6O5S/c11-1-2-15-9-6(4-13-15)8-5-14(7(9)3-12)10(17)16(8)21-22(18,19)20/h4,7-8H,1-3,5,11-12H2,(H,18,19,20). The Morgan fingerprint density at radius 2 is 2.18 bits per heavy atom. The number of carbonyl (C=O) groups is 1. The minimum absolute atomic E-state index is 0.140. The lowest BCUT2D eigenvalue weighted by atomic mass is 9.98. The SMILES string of the molecule is NCCn1ncc2c1C(CN)N1CC2N(OS(=O)(=O)O)C1=O. The van der Waals surface area contributed by atoms with Crippen LogP contribution in [-0.4, -0.2) is 58.4 Å². The van der Waals surface area contributed by atoms with Gasteiger partial charge < -0.3 is 16.4 Å². The maximum Gasteiger partial charge on any atom is 0.418 e. The van der Waals surface area contributed by atoms with Crippen LogP contribution in [0.15, 0.2) is 6.20 Å². The Bertz CT molecular complexity index is 703. The van der Waals surface area contributed by atoms with Crippen LogP contribution in [0.25, 0.3) is 0 Å². The summed E-state index contributed by atoms with van der Waals surface area (Å²) in [7, 11) is -4.81. The first kappa shape index (κ1) is 15.2. The van der Waals surface area contributed by atoms with E-state index in [2.05, 4.69) is 9.38 Å². The average Bonchev–Trinajstić information content (AvgIpc) is 2.96. The lowest BCUT2D eigenvalue weighted by Gasteiger charge is -2.30. The van der Waals surface area contributed by atoms with Gasteiger partial charge >= 0.3 is 16.4 Å². The van der Waals surface area contributed by atoms with E-state index >= 15 is 0 Å². The number of hydroxylamine groups is 2. The fourth-order valence-corrected chi connectivity index (χ4v) is 3.36. The molecule has 0 radical (unpaired) electrons. The van der Waals surface area contributed by atoms with Crippen LogP contribution in [0.4, 0.5) is 4.79 Å². The number of amides is 2. The molecule has 2 aliphatic heterocycles. The molecule has 12 heteroatoms. The second kappa shape index (κ2) is 5.17. The maximum absolute atomic E-state index is 12.3. The van der Waals surface area contributed by atoms with Crippen molar-refractivity contribution < 1.29 is 22.0 Å². The van der Waals surface area contributed by atoms with Gasteiger partial charge in [-0.25, -0.2) is 4.79 Å². The number of nitrogens with zero attached hydrogens (tertiary/aromatic N) is 4. The van der Waals surface area contributed by atoms with Crippen molar-refractivity contribution in [2.45, 2.75) is 18.6 Å². The second-order valence-corrected chi connectivity index (χ2v) is 6.03. The number of nitrogens with two attached hydrogens (primary N) is 2. The molecule has 0 saturated carbocycles. The molecule has 3 rings (SSSR count). The number of rotatable bonds is 5. The fraction of sp³-hybridized carbons (Fsp3) is 0.600. The van der Waals surface area contributed by atoms with Crippen molar-refractivity contribution in [1.82, 2.24) is 19.7 Å². The lowest BCUT2D eigenvalue weighted by Crippen LogP contribution is -2.39. The Morgan fingerprint density at radius 1 is 1.45 bits per heavy atom. The van der Waals surface area contributed by atoms with Crippen LogP contribution in [0.2, 0.25) is 0 Å². The number of hydrogen-bond acceptors (Lipinski definition) is 7. The topological polar surface area (TPSA) is 157 Å². The third-order valence-electron chi connectivity index (χ3n) is 3.79. The first-order valence-electron chi connectivity index (χ1n) is 6.60. The summed E-state index contributed by atoms with van der Waals surface area (Å²) in [5.41, 5.74) is 12.7. The Labute approximate surface area is 126 Å². The molecule has 5 N–H and O–H groups in total. The van der Waals surface area contributed by atoms with E-state index in [0.717, 1.165) is 0 Å². The highest BCUT2D eigenvalue weighted by Gasteiger charge is 2.51. The second-order valence-electron chi connectivity index (χ2n) is 5.03. The molecule has 122 valence electrons. The molecule has 1 aromatic heterocycles. The summed E-state index contributed by atoms with van der Waals surface area (Å²) >= 11 is 0. The molecular formula is C10H16N6O5S. The van der Waals surface area contributed by atoms with Gasteiger partial charge in [-0.1, -0.05) is 0 Å². The summed E-state index contributed by atoms with van der Waals surface area (Å²) in [6.07, 6.45) is 1.54. The Hall–Kier alpha value is -1.73. The molecule has 0 aliphatic carbocycles. The molecule has 11 nitrogen and oxygen atoms in total. The zero-order valence-corrected chi connectivity index (χ0v) is 12.3. The molecule has 2 aliphatic rings. The molecular weight excluding hydrogens is 316 g/mol. The molecule has 2 atom stereocenters. The van der Waals surface area contributed by atoms with Crippen molar-refractivity contribution in [1.29, 1.82) is 0 Å². The van der Waals surface area contributed by atoms with Crippen LogP contribution >= 0.6 is 0 Å². The van der Waals surface area contributed by atoms with Gasteiger partial charge in [-0.05, 0) is 0 Å². The van der Waals surface area contributed by atoms with E-state index in [1.807, 2.05) is 0 Å². The Kier molecular flexibility index (Phi) is 3.57. The van der Waals surface area contributed by atoms with Gasteiger partial charge in [-0.3, -0.25) is 9.23 Å². The maximum atomic E-state index is 12.3. The van der Waals surface area contributed by atoms with Crippen LogP contribution in [0.1, 0.15) is 23.3 Å². The number of aromatic nitrogens is 2. The summed E-state index contributed by atoms with van der Waals surface area (Å²) in [6, 6.07) is -1.81. The first-order chi connectivity index (χ1) is 10.4. The molecule has 0 spiro atoms. The summed E-state index contributed by atoms with van der Waals surface area (Å²) < 4.78 is 36.8. The summed E-state index contributed by atoms with van der Waals surface area (Å²) in [6.45, 7) is 1.15. The molecule has 22 heavy (non-hydrogen) atoms. The predicted octanol–water partition coefficient (Wildman–Crippen LogP) is -1.63.